The van der Waals surface area contributed by atoms with E-state index in [1.807, 2.05) is 0 Å². The van der Waals surface area contributed by atoms with Crippen LogP contribution in [0.25, 0.3) is 0 Å². The molecule has 62 valence electrons. The van der Waals surface area contributed by atoms with Crippen LogP contribution in [0.3, 0.4) is 0 Å². The van der Waals surface area contributed by atoms with Crippen LogP contribution in [0.5, 0.6) is 0 Å². The number of carbonyl (C=O) groups is 1. The number of rotatable bonds is 0. The Balaban J connectivity index is 2.16. The summed E-state index contributed by atoms with van der Waals surface area (Å²) in [4.78, 5) is 11.0. The van der Waals surface area contributed by atoms with E-state index in [4.69, 9.17) is 0 Å². The smallest absolute Gasteiger partial charge is 0.133 e. The molecule has 0 radical (unpaired) electrons. The molecular weight excluding hydrogens is 140 g/mol. The Kier molecular flexibility index (Phi) is 1.53. The molecule has 0 heterocycles. The van der Waals surface area contributed by atoms with Crippen LogP contribution in [-0.2, 0) is 4.79 Å². The number of Topliss-reactive ketones (excluding diaryl/α,β-unsaturated/α-hetero) is 1. The average molecular weight is 154 g/mol. The van der Waals surface area contributed by atoms with Crippen LogP contribution >= 0.6 is 0 Å². The lowest BCUT2D eigenvalue weighted by Crippen LogP contribution is -2.26. The second-order valence-electron chi connectivity index (χ2n) is 3.99. The molecule has 2 aliphatic rings. The predicted molar refractivity (Wildman–Crippen MR) is 41.1 cm³/mol. The third-order valence-electron chi connectivity index (χ3n) is 3.31. The first-order valence-electron chi connectivity index (χ1n) is 4.43. The lowest BCUT2D eigenvalue weighted by Gasteiger charge is -2.25. The van der Waals surface area contributed by atoms with Gasteiger partial charge in [-0.2, -0.15) is 0 Å². The van der Waals surface area contributed by atoms with Gasteiger partial charge in [0.15, 0.2) is 0 Å². The molecule has 1 spiro atoms. The summed E-state index contributed by atoms with van der Waals surface area (Å²) in [5.41, 5.74) is 0.0249. The van der Waals surface area contributed by atoms with Crippen molar-refractivity contribution in [2.75, 3.05) is 0 Å². The highest BCUT2D eigenvalue weighted by atomic mass is 16.3. The van der Waals surface area contributed by atoms with Crippen LogP contribution < -0.4 is 0 Å². The van der Waals surface area contributed by atoms with Crippen molar-refractivity contribution >= 4 is 5.78 Å². The molecule has 0 aromatic carbocycles. The van der Waals surface area contributed by atoms with Crippen molar-refractivity contribution in [1.29, 1.82) is 0 Å². The van der Waals surface area contributed by atoms with Gasteiger partial charge < -0.3 is 5.11 Å². The molecule has 0 aromatic rings. The second-order valence-corrected chi connectivity index (χ2v) is 3.99. The first-order chi connectivity index (χ1) is 5.23. The van der Waals surface area contributed by atoms with E-state index in [2.05, 4.69) is 0 Å². The van der Waals surface area contributed by atoms with E-state index >= 15 is 0 Å². The number of aliphatic hydroxyl groups is 1. The van der Waals surface area contributed by atoms with E-state index in [1.54, 1.807) is 0 Å². The van der Waals surface area contributed by atoms with Gasteiger partial charge in [0.25, 0.3) is 0 Å². The van der Waals surface area contributed by atoms with Crippen molar-refractivity contribution in [2.45, 2.75) is 44.6 Å². The molecule has 2 heteroatoms. The van der Waals surface area contributed by atoms with E-state index in [9.17, 15) is 9.90 Å². The lowest BCUT2D eigenvalue weighted by atomic mass is 9.82. The first kappa shape index (κ1) is 7.29. The summed E-state index contributed by atoms with van der Waals surface area (Å²) in [5.74, 6) is 0.353. The van der Waals surface area contributed by atoms with Gasteiger partial charge in [-0.1, -0.05) is 6.42 Å². The summed E-state index contributed by atoms with van der Waals surface area (Å²) >= 11 is 0. The molecule has 0 amide bonds. The van der Waals surface area contributed by atoms with Crippen molar-refractivity contribution in [2.24, 2.45) is 5.41 Å². The van der Waals surface area contributed by atoms with Gasteiger partial charge in [-0.3, -0.25) is 4.79 Å². The Hall–Kier alpha value is -0.370. The van der Waals surface area contributed by atoms with Gasteiger partial charge in [-0.05, 0) is 19.3 Å². The molecule has 1 N–H and O–H groups in total. The third kappa shape index (κ3) is 1.00. The molecule has 2 nitrogen and oxygen atoms in total. The molecule has 2 atom stereocenters. The van der Waals surface area contributed by atoms with Gasteiger partial charge in [0.2, 0.25) is 0 Å². The SMILES string of the molecule is O=C1CCC2(CCCC2O)C1. The summed E-state index contributed by atoms with van der Waals surface area (Å²) in [6.07, 6.45) is 5.19. The normalized spacial score (nSPS) is 44.1. The van der Waals surface area contributed by atoms with E-state index in [-0.39, 0.29) is 11.5 Å². The Morgan fingerprint density at radius 3 is 2.73 bits per heavy atom. The number of carbonyl (C=O) groups excluding carboxylic acids is 1. The monoisotopic (exact) mass is 154 g/mol. The summed E-state index contributed by atoms with van der Waals surface area (Å²) < 4.78 is 0. The van der Waals surface area contributed by atoms with Gasteiger partial charge >= 0.3 is 0 Å². The van der Waals surface area contributed by atoms with E-state index in [0.29, 0.717) is 18.6 Å². The molecule has 11 heavy (non-hydrogen) atoms. The predicted octanol–water partition coefficient (Wildman–Crippen LogP) is 1.27. The molecule has 2 rings (SSSR count). The van der Waals surface area contributed by atoms with Gasteiger partial charge in [0.05, 0.1) is 6.10 Å². The molecule has 0 aliphatic heterocycles. The number of hydrogen-bond acceptors (Lipinski definition) is 2. The summed E-state index contributed by atoms with van der Waals surface area (Å²) in [6, 6.07) is 0. The molecule has 2 unspecified atom stereocenters. The molecule has 2 fully saturated rings. The van der Waals surface area contributed by atoms with Crippen LogP contribution in [0, 0.1) is 5.41 Å². The van der Waals surface area contributed by atoms with Crippen molar-refractivity contribution in [3.05, 3.63) is 0 Å². The Bertz CT molecular complexity index is 188. The minimum atomic E-state index is -0.186. The standard InChI is InChI=1S/C9H14O2/c10-7-3-5-9(6-7)4-1-2-8(9)11/h8,11H,1-6H2. The van der Waals surface area contributed by atoms with Crippen LogP contribution in [-0.4, -0.2) is 17.0 Å². The zero-order valence-corrected chi connectivity index (χ0v) is 6.68. The third-order valence-corrected chi connectivity index (χ3v) is 3.31. The molecular formula is C9H14O2. The fourth-order valence-corrected chi connectivity index (χ4v) is 2.58. The fourth-order valence-electron chi connectivity index (χ4n) is 2.58. The first-order valence-corrected chi connectivity index (χ1v) is 4.43. The Morgan fingerprint density at radius 1 is 1.45 bits per heavy atom. The quantitative estimate of drug-likeness (QED) is 0.570. The molecule has 2 saturated carbocycles. The Morgan fingerprint density at radius 2 is 2.27 bits per heavy atom. The summed E-state index contributed by atoms with van der Waals surface area (Å²) in [6.45, 7) is 0. The topological polar surface area (TPSA) is 37.3 Å². The summed E-state index contributed by atoms with van der Waals surface area (Å²) in [5, 5.41) is 9.64. The highest BCUT2D eigenvalue weighted by Gasteiger charge is 2.46. The molecule has 2 aliphatic carbocycles. The van der Waals surface area contributed by atoms with E-state index in [1.165, 1.54) is 0 Å². The number of ketones is 1. The highest BCUT2D eigenvalue weighted by Crippen LogP contribution is 2.49. The maximum Gasteiger partial charge on any atom is 0.133 e. The van der Waals surface area contributed by atoms with Crippen molar-refractivity contribution < 1.29 is 9.90 Å². The molecule has 0 aromatic heterocycles. The van der Waals surface area contributed by atoms with Crippen molar-refractivity contribution in [3.8, 4) is 0 Å². The van der Waals surface area contributed by atoms with Gasteiger partial charge in [0, 0.05) is 18.3 Å². The number of hydrogen-bond donors (Lipinski definition) is 1. The summed E-state index contributed by atoms with van der Waals surface area (Å²) in [7, 11) is 0. The molecule has 0 bridgehead atoms. The second kappa shape index (κ2) is 2.31. The minimum absolute atomic E-state index is 0.0249. The average Bonchev–Trinajstić information content (AvgIpc) is 2.46. The highest BCUT2D eigenvalue weighted by molar-refractivity contribution is 5.81. The maximum absolute atomic E-state index is 11.0. The lowest BCUT2D eigenvalue weighted by molar-refractivity contribution is -0.118. The van der Waals surface area contributed by atoms with E-state index in [0.717, 1.165) is 25.7 Å². The van der Waals surface area contributed by atoms with Crippen molar-refractivity contribution in [1.82, 2.24) is 0 Å². The minimum Gasteiger partial charge on any atom is -0.393 e. The fraction of sp³-hybridized carbons (Fsp3) is 0.889. The van der Waals surface area contributed by atoms with Crippen LogP contribution in [0.1, 0.15) is 38.5 Å². The molecule has 0 saturated heterocycles. The number of aliphatic hydroxyl groups excluding tert-OH is 1. The van der Waals surface area contributed by atoms with Crippen molar-refractivity contribution in [3.63, 3.8) is 0 Å². The Labute approximate surface area is 66.6 Å². The zero-order valence-electron chi connectivity index (χ0n) is 6.68. The van der Waals surface area contributed by atoms with Gasteiger partial charge in [0.1, 0.15) is 5.78 Å². The van der Waals surface area contributed by atoms with Crippen LogP contribution in [0.2, 0.25) is 0 Å². The van der Waals surface area contributed by atoms with Gasteiger partial charge in [-0.15, -0.1) is 0 Å². The van der Waals surface area contributed by atoms with Crippen LogP contribution in [0.15, 0.2) is 0 Å². The zero-order chi connectivity index (χ0) is 7.90. The maximum atomic E-state index is 11.0. The van der Waals surface area contributed by atoms with Crippen LogP contribution in [0.4, 0.5) is 0 Å². The largest absolute Gasteiger partial charge is 0.393 e. The van der Waals surface area contributed by atoms with E-state index < -0.39 is 0 Å². The van der Waals surface area contributed by atoms with Gasteiger partial charge in [-0.25, -0.2) is 0 Å².